The largest absolute Gasteiger partial charge is 0.396 e. The molecule has 0 bridgehead atoms. The molecular weight excluding hydrogens is 148 g/mol. The molecule has 1 nitrogen and oxygen atoms in total. The van der Waals surface area contributed by atoms with Crippen LogP contribution in [0.4, 0.5) is 0 Å². The lowest BCUT2D eigenvalue weighted by Crippen LogP contribution is -1.82. The van der Waals surface area contributed by atoms with Crippen LogP contribution in [0.2, 0.25) is 0 Å². The summed E-state index contributed by atoms with van der Waals surface area (Å²) in [5.41, 5.74) is 0. The molecule has 0 aliphatic carbocycles. The molecular formula is C11H26O. The molecule has 0 spiro atoms. The van der Waals surface area contributed by atoms with Gasteiger partial charge in [0.05, 0.1) is 0 Å². The number of hydrogen-bond donors (Lipinski definition) is 1. The molecule has 12 heavy (non-hydrogen) atoms. The minimum absolute atomic E-state index is 0.367. The summed E-state index contributed by atoms with van der Waals surface area (Å²) in [6.07, 6.45) is 8.75. The fourth-order valence-electron chi connectivity index (χ4n) is 0.892. The van der Waals surface area contributed by atoms with E-state index in [4.69, 9.17) is 5.11 Å². The van der Waals surface area contributed by atoms with E-state index in [1.54, 1.807) is 0 Å². The molecule has 0 atom stereocenters. The van der Waals surface area contributed by atoms with Crippen molar-refractivity contribution in [1.82, 2.24) is 0 Å². The van der Waals surface area contributed by atoms with Crippen molar-refractivity contribution in [3.63, 3.8) is 0 Å². The van der Waals surface area contributed by atoms with Gasteiger partial charge in [0.15, 0.2) is 0 Å². The number of rotatable bonds is 6. The average Bonchev–Trinajstić information content (AvgIpc) is 2.06. The van der Waals surface area contributed by atoms with Gasteiger partial charge < -0.3 is 5.11 Å². The Bertz CT molecular complexity index is 47.0. The summed E-state index contributed by atoms with van der Waals surface area (Å²) in [5, 5.41) is 8.42. The lowest BCUT2D eigenvalue weighted by atomic mass is 10.1. The average molecular weight is 174 g/mol. The van der Waals surface area contributed by atoms with Crippen molar-refractivity contribution < 1.29 is 5.11 Å². The third-order valence-corrected chi connectivity index (χ3v) is 1.51. The second-order valence-electron chi connectivity index (χ2n) is 3.20. The maximum atomic E-state index is 8.42. The van der Waals surface area contributed by atoms with E-state index in [-0.39, 0.29) is 0 Å². The molecule has 76 valence electrons. The van der Waals surface area contributed by atoms with Crippen molar-refractivity contribution in [1.29, 1.82) is 0 Å². The van der Waals surface area contributed by atoms with E-state index >= 15 is 0 Å². The van der Waals surface area contributed by atoms with Crippen molar-refractivity contribution in [3.8, 4) is 0 Å². The van der Waals surface area contributed by atoms with Crippen LogP contribution in [0.1, 0.15) is 65.7 Å². The Labute approximate surface area is 78.2 Å². The molecule has 0 saturated carbocycles. The number of aliphatic hydroxyl groups excluding tert-OH is 1. The molecule has 0 saturated heterocycles. The zero-order chi connectivity index (χ0) is 9.66. The Balaban J connectivity index is 0. The molecule has 0 fully saturated rings. The van der Waals surface area contributed by atoms with Crippen LogP contribution in [-0.2, 0) is 0 Å². The molecule has 0 aliphatic rings. The molecule has 0 unspecified atom stereocenters. The molecule has 0 aromatic rings. The van der Waals surface area contributed by atoms with Gasteiger partial charge in [-0.05, 0) is 6.42 Å². The highest BCUT2D eigenvalue weighted by Crippen LogP contribution is 2.03. The van der Waals surface area contributed by atoms with E-state index in [0.717, 1.165) is 6.42 Å². The maximum absolute atomic E-state index is 8.42. The lowest BCUT2D eigenvalue weighted by Gasteiger charge is -1.95. The van der Waals surface area contributed by atoms with Crippen LogP contribution in [0.3, 0.4) is 0 Å². The van der Waals surface area contributed by atoms with Gasteiger partial charge in [-0.3, -0.25) is 0 Å². The van der Waals surface area contributed by atoms with Crippen LogP contribution in [0, 0.1) is 0 Å². The zero-order valence-corrected chi connectivity index (χ0v) is 9.10. The monoisotopic (exact) mass is 174 g/mol. The summed E-state index contributed by atoms with van der Waals surface area (Å²) in [4.78, 5) is 0. The molecule has 0 aromatic carbocycles. The summed E-state index contributed by atoms with van der Waals surface area (Å²) in [7, 11) is 0. The van der Waals surface area contributed by atoms with E-state index < -0.39 is 0 Å². The molecule has 0 amide bonds. The Morgan fingerprint density at radius 2 is 1.17 bits per heavy atom. The van der Waals surface area contributed by atoms with Crippen molar-refractivity contribution >= 4 is 0 Å². The van der Waals surface area contributed by atoms with E-state index in [9.17, 15) is 0 Å². The quantitative estimate of drug-likeness (QED) is 0.608. The van der Waals surface area contributed by atoms with Gasteiger partial charge in [0.25, 0.3) is 0 Å². The summed E-state index contributed by atoms with van der Waals surface area (Å²) < 4.78 is 0. The first kappa shape index (κ1) is 14.5. The van der Waals surface area contributed by atoms with Crippen LogP contribution in [0.25, 0.3) is 0 Å². The van der Waals surface area contributed by atoms with Crippen LogP contribution in [0.5, 0.6) is 0 Å². The summed E-state index contributed by atoms with van der Waals surface area (Å²) in [6, 6.07) is 0. The van der Waals surface area contributed by atoms with Crippen molar-refractivity contribution in [2.45, 2.75) is 65.7 Å². The first-order chi connectivity index (χ1) is 5.83. The Hall–Kier alpha value is -0.0400. The van der Waals surface area contributed by atoms with Crippen molar-refractivity contribution in [2.75, 3.05) is 6.61 Å². The lowest BCUT2D eigenvalue weighted by molar-refractivity contribution is 0.282. The molecule has 0 aliphatic heterocycles. The first-order valence-electron chi connectivity index (χ1n) is 5.44. The van der Waals surface area contributed by atoms with Crippen molar-refractivity contribution in [3.05, 3.63) is 0 Å². The highest BCUT2D eigenvalue weighted by atomic mass is 16.2. The van der Waals surface area contributed by atoms with Crippen LogP contribution in [-0.4, -0.2) is 11.7 Å². The predicted octanol–water partition coefficient (Wildman–Crippen LogP) is 3.76. The van der Waals surface area contributed by atoms with Gasteiger partial charge in [0.2, 0.25) is 0 Å². The summed E-state index contributed by atoms with van der Waals surface area (Å²) in [5.74, 6) is 0. The second kappa shape index (κ2) is 17.2. The third-order valence-electron chi connectivity index (χ3n) is 1.51. The minimum atomic E-state index is 0.367. The standard InChI is InChI=1S/C8H18O.C3H8/c1-2-3-4-5-6-7-8-9;1-3-2/h9H,2-8H2,1H3;3H2,1-2H3. The molecule has 1 heteroatoms. The van der Waals surface area contributed by atoms with Gasteiger partial charge in [-0.15, -0.1) is 0 Å². The molecule has 0 rings (SSSR count). The SMILES string of the molecule is CCC.CCCCCCCCO. The van der Waals surface area contributed by atoms with Gasteiger partial charge >= 0.3 is 0 Å². The molecule has 0 aromatic heterocycles. The molecule has 1 N–H and O–H groups in total. The molecule has 0 heterocycles. The van der Waals surface area contributed by atoms with Crippen LogP contribution < -0.4 is 0 Å². The highest BCUT2D eigenvalue weighted by molar-refractivity contribution is 4.41. The zero-order valence-electron chi connectivity index (χ0n) is 9.10. The fourth-order valence-corrected chi connectivity index (χ4v) is 0.892. The summed E-state index contributed by atoms with van der Waals surface area (Å²) in [6.45, 7) is 6.83. The number of unbranched alkanes of at least 4 members (excludes halogenated alkanes) is 5. The fraction of sp³-hybridized carbons (Fsp3) is 1.00. The highest BCUT2D eigenvalue weighted by Gasteiger charge is 1.86. The van der Waals surface area contributed by atoms with E-state index in [1.165, 1.54) is 38.5 Å². The Kier molecular flexibility index (Phi) is 20.7. The first-order valence-corrected chi connectivity index (χ1v) is 5.44. The molecule has 0 radical (unpaired) electrons. The van der Waals surface area contributed by atoms with Gasteiger partial charge in [-0.25, -0.2) is 0 Å². The maximum Gasteiger partial charge on any atom is 0.0431 e. The topological polar surface area (TPSA) is 20.2 Å². The van der Waals surface area contributed by atoms with Crippen LogP contribution in [0.15, 0.2) is 0 Å². The van der Waals surface area contributed by atoms with Gasteiger partial charge in [0.1, 0.15) is 0 Å². The Morgan fingerprint density at radius 1 is 0.750 bits per heavy atom. The van der Waals surface area contributed by atoms with Gasteiger partial charge in [0, 0.05) is 6.61 Å². The minimum Gasteiger partial charge on any atom is -0.396 e. The predicted molar refractivity (Wildman–Crippen MR) is 56.4 cm³/mol. The van der Waals surface area contributed by atoms with Crippen LogP contribution >= 0.6 is 0 Å². The summed E-state index contributed by atoms with van der Waals surface area (Å²) >= 11 is 0. The Morgan fingerprint density at radius 3 is 1.58 bits per heavy atom. The van der Waals surface area contributed by atoms with Crippen molar-refractivity contribution in [2.24, 2.45) is 0 Å². The smallest absolute Gasteiger partial charge is 0.0431 e. The van der Waals surface area contributed by atoms with E-state index in [2.05, 4.69) is 20.8 Å². The van der Waals surface area contributed by atoms with Gasteiger partial charge in [-0.2, -0.15) is 0 Å². The number of hydrogen-bond acceptors (Lipinski definition) is 1. The number of aliphatic hydroxyl groups is 1. The van der Waals surface area contributed by atoms with Gasteiger partial charge in [-0.1, -0.05) is 59.3 Å². The third kappa shape index (κ3) is 22.5. The van der Waals surface area contributed by atoms with E-state index in [0.29, 0.717) is 6.61 Å². The normalized spacial score (nSPS) is 9.00. The van der Waals surface area contributed by atoms with E-state index in [1.807, 2.05) is 0 Å². The second-order valence-corrected chi connectivity index (χ2v) is 3.20.